The summed E-state index contributed by atoms with van der Waals surface area (Å²) in [7, 11) is 0. The highest BCUT2D eigenvalue weighted by Crippen LogP contribution is 2.33. The number of benzene rings is 2. The lowest BCUT2D eigenvalue weighted by molar-refractivity contribution is 0.470. The quantitative estimate of drug-likeness (QED) is 0.758. The van der Waals surface area contributed by atoms with Crippen molar-refractivity contribution < 1.29 is 5.11 Å². The summed E-state index contributed by atoms with van der Waals surface area (Å²) >= 11 is 0. The zero-order valence-corrected chi connectivity index (χ0v) is 9.91. The van der Waals surface area contributed by atoms with Crippen molar-refractivity contribution in [2.24, 2.45) is 0 Å². The van der Waals surface area contributed by atoms with Gasteiger partial charge in [-0.25, -0.2) is 0 Å². The molecule has 82 valence electrons. The Bertz CT molecular complexity index is 513. The van der Waals surface area contributed by atoms with E-state index in [1.807, 2.05) is 38.1 Å². The van der Waals surface area contributed by atoms with Gasteiger partial charge in [-0.15, -0.1) is 0 Å². The molecule has 0 atom stereocenters. The molecule has 0 unspecified atom stereocenters. The average Bonchev–Trinajstić information content (AvgIpc) is 2.28. The van der Waals surface area contributed by atoms with Crippen LogP contribution in [0.4, 0.5) is 0 Å². The third-order valence-corrected chi connectivity index (χ3v) is 3.13. The molecule has 0 heterocycles. The molecule has 0 spiro atoms. The van der Waals surface area contributed by atoms with E-state index < -0.39 is 0 Å². The standard InChI is InChI=1S/C15H16O/c1-10-9-14(16)11(2)12(3)15(10)13-7-5-4-6-8-13/h4-9,16H,1-3H3. The third-order valence-electron chi connectivity index (χ3n) is 3.13. The van der Waals surface area contributed by atoms with Crippen LogP contribution in [0.2, 0.25) is 0 Å². The molecule has 0 aromatic heterocycles. The molecular formula is C15H16O. The largest absolute Gasteiger partial charge is 0.508 e. The fourth-order valence-corrected chi connectivity index (χ4v) is 2.11. The van der Waals surface area contributed by atoms with Gasteiger partial charge in [-0.1, -0.05) is 30.3 Å². The smallest absolute Gasteiger partial charge is 0.119 e. The fraction of sp³-hybridized carbons (Fsp3) is 0.200. The van der Waals surface area contributed by atoms with Crippen molar-refractivity contribution in [2.45, 2.75) is 20.8 Å². The van der Waals surface area contributed by atoms with Crippen molar-refractivity contribution in [1.82, 2.24) is 0 Å². The minimum Gasteiger partial charge on any atom is -0.508 e. The van der Waals surface area contributed by atoms with E-state index in [0.29, 0.717) is 5.75 Å². The summed E-state index contributed by atoms with van der Waals surface area (Å²) in [6.07, 6.45) is 0. The first-order chi connectivity index (χ1) is 7.61. The van der Waals surface area contributed by atoms with Crippen LogP contribution >= 0.6 is 0 Å². The van der Waals surface area contributed by atoms with Gasteiger partial charge in [0.15, 0.2) is 0 Å². The lowest BCUT2D eigenvalue weighted by Crippen LogP contribution is -1.92. The van der Waals surface area contributed by atoms with Crippen LogP contribution in [0, 0.1) is 20.8 Å². The molecule has 0 saturated heterocycles. The lowest BCUT2D eigenvalue weighted by atomic mass is 9.92. The molecular weight excluding hydrogens is 196 g/mol. The van der Waals surface area contributed by atoms with Crippen molar-refractivity contribution in [2.75, 3.05) is 0 Å². The van der Waals surface area contributed by atoms with Crippen LogP contribution in [0.25, 0.3) is 11.1 Å². The predicted molar refractivity (Wildman–Crippen MR) is 67.8 cm³/mol. The van der Waals surface area contributed by atoms with Gasteiger partial charge in [-0.3, -0.25) is 0 Å². The first kappa shape index (κ1) is 10.7. The third kappa shape index (κ3) is 1.69. The van der Waals surface area contributed by atoms with E-state index in [9.17, 15) is 5.11 Å². The number of aromatic hydroxyl groups is 1. The Morgan fingerprint density at radius 1 is 0.875 bits per heavy atom. The fourth-order valence-electron chi connectivity index (χ4n) is 2.11. The van der Waals surface area contributed by atoms with E-state index in [4.69, 9.17) is 0 Å². The van der Waals surface area contributed by atoms with Crippen LogP contribution < -0.4 is 0 Å². The van der Waals surface area contributed by atoms with Crippen LogP contribution in [0.15, 0.2) is 36.4 Å². The molecule has 0 aliphatic carbocycles. The van der Waals surface area contributed by atoms with Gasteiger partial charge in [0.1, 0.15) is 5.75 Å². The number of phenolic OH excluding ortho intramolecular Hbond substituents is 1. The normalized spacial score (nSPS) is 10.4. The first-order valence-corrected chi connectivity index (χ1v) is 5.46. The second-order valence-corrected chi connectivity index (χ2v) is 4.20. The SMILES string of the molecule is Cc1cc(O)c(C)c(C)c1-c1ccccc1. The Labute approximate surface area is 96.4 Å². The first-order valence-electron chi connectivity index (χ1n) is 5.46. The van der Waals surface area contributed by atoms with E-state index in [2.05, 4.69) is 19.1 Å². The Hall–Kier alpha value is -1.76. The maximum atomic E-state index is 9.75. The number of phenols is 1. The van der Waals surface area contributed by atoms with Gasteiger partial charge in [0.05, 0.1) is 0 Å². The zero-order chi connectivity index (χ0) is 11.7. The summed E-state index contributed by atoms with van der Waals surface area (Å²) < 4.78 is 0. The van der Waals surface area contributed by atoms with Crippen molar-refractivity contribution in [3.8, 4) is 16.9 Å². The van der Waals surface area contributed by atoms with Crippen LogP contribution in [0.1, 0.15) is 16.7 Å². The molecule has 0 fully saturated rings. The maximum Gasteiger partial charge on any atom is 0.119 e. The molecule has 0 aliphatic rings. The van der Waals surface area contributed by atoms with E-state index in [-0.39, 0.29) is 0 Å². The summed E-state index contributed by atoms with van der Waals surface area (Å²) in [4.78, 5) is 0. The van der Waals surface area contributed by atoms with E-state index >= 15 is 0 Å². The molecule has 0 amide bonds. The molecule has 1 N–H and O–H groups in total. The molecule has 0 radical (unpaired) electrons. The van der Waals surface area contributed by atoms with Gasteiger partial charge >= 0.3 is 0 Å². The molecule has 0 saturated carbocycles. The van der Waals surface area contributed by atoms with Gasteiger partial charge in [-0.2, -0.15) is 0 Å². The molecule has 1 heteroatoms. The van der Waals surface area contributed by atoms with Crippen LogP contribution in [0.5, 0.6) is 5.75 Å². The minimum absolute atomic E-state index is 0.384. The van der Waals surface area contributed by atoms with Gasteiger partial charge < -0.3 is 5.11 Å². The van der Waals surface area contributed by atoms with Crippen molar-refractivity contribution in [3.05, 3.63) is 53.1 Å². The van der Waals surface area contributed by atoms with Gasteiger partial charge in [-0.05, 0) is 54.7 Å². The van der Waals surface area contributed by atoms with Crippen molar-refractivity contribution >= 4 is 0 Å². The molecule has 0 aliphatic heterocycles. The molecule has 2 aromatic rings. The van der Waals surface area contributed by atoms with Crippen LogP contribution in [0.3, 0.4) is 0 Å². The monoisotopic (exact) mass is 212 g/mol. The van der Waals surface area contributed by atoms with E-state index in [1.54, 1.807) is 0 Å². The number of rotatable bonds is 1. The predicted octanol–water partition coefficient (Wildman–Crippen LogP) is 3.98. The maximum absolute atomic E-state index is 9.75. The van der Waals surface area contributed by atoms with Crippen LogP contribution in [-0.2, 0) is 0 Å². The molecule has 1 nitrogen and oxygen atoms in total. The average molecular weight is 212 g/mol. The number of hydrogen-bond acceptors (Lipinski definition) is 1. The highest BCUT2D eigenvalue weighted by molar-refractivity contribution is 5.73. The Balaban J connectivity index is 2.71. The topological polar surface area (TPSA) is 20.2 Å². The van der Waals surface area contributed by atoms with E-state index in [1.165, 1.54) is 11.1 Å². The Morgan fingerprint density at radius 3 is 2.12 bits per heavy atom. The second-order valence-electron chi connectivity index (χ2n) is 4.20. The number of aryl methyl sites for hydroxylation is 1. The highest BCUT2D eigenvalue weighted by atomic mass is 16.3. The lowest BCUT2D eigenvalue weighted by Gasteiger charge is -2.14. The molecule has 2 aromatic carbocycles. The summed E-state index contributed by atoms with van der Waals surface area (Å²) in [5.74, 6) is 0.384. The summed E-state index contributed by atoms with van der Waals surface area (Å²) in [5.41, 5.74) is 5.68. The summed E-state index contributed by atoms with van der Waals surface area (Å²) in [6.45, 7) is 6.05. The Kier molecular flexibility index (Phi) is 2.69. The van der Waals surface area contributed by atoms with E-state index in [0.717, 1.165) is 16.7 Å². The molecule has 2 rings (SSSR count). The zero-order valence-electron chi connectivity index (χ0n) is 9.91. The van der Waals surface area contributed by atoms with Crippen molar-refractivity contribution in [3.63, 3.8) is 0 Å². The second kappa shape index (κ2) is 4.01. The minimum atomic E-state index is 0.384. The summed E-state index contributed by atoms with van der Waals surface area (Å²) in [5, 5.41) is 9.75. The molecule has 16 heavy (non-hydrogen) atoms. The van der Waals surface area contributed by atoms with Gasteiger partial charge in [0.25, 0.3) is 0 Å². The molecule has 0 bridgehead atoms. The highest BCUT2D eigenvalue weighted by Gasteiger charge is 2.10. The number of hydrogen-bond donors (Lipinski definition) is 1. The summed E-state index contributed by atoms with van der Waals surface area (Å²) in [6, 6.07) is 12.1. The van der Waals surface area contributed by atoms with Gasteiger partial charge in [0, 0.05) is 0 Å². The van der Waals surface area contributed by atoms with Gasteiger partial charge in [0.2, 0.25) is 0 Å². The van der Waals surface area contributed by atoms with Crippen LogP contribution in [-0.4, -0.2) is 5.11 Å². The van der Waals surface area contributed by atoms with Crippen molar-refractivity contribution in [1.29, 1.82) is 0 Å². The Morgan fingerprint density at radius 2 is 1.50 bits per heavy atom.